The van der Waals surface area contributed by atoms with Gasteiger partial charge < -0.3 is 0 Å². The van der Waals surface area contributed by atoms with Gasteiger partial charge in [-0.15, -0.1) is 0 Å². The first-order valence-corrected chi connectivity index (χ1v) is 13.8. The second-order valence-corrected chi connectivity index (χ2v) is 13.0. The Morgan fingerprint density at radius 2 is 1.88 bits per heavy atom. The van der Waals surface area contributed by atoms with Gasteiger partial charge in [-0.2, -0.15) is 0 Å². The lowest BCUT2D eigenvalue weighted by atomic mass is 9.50. The second-order valence-electron chi connectivity index (χ2n) is 10.5. The van der Waals surface area contributed by atoms with E-state index in [4.69, 9.17) is 23.2 Å². The molecule has 0 saturated heterocycles. The van der Waals surface area contributed by atoms with Crippen LogP contribution in [0.15, 0.2) is 41.3 Å². The molecule has 3 nitrogen and oxygen atoms in total. The minimum atomic E-state index is -3.75. The minimum Gasteiger partial charge on any atom is -0.211 e. The lowest BCUT2D eigenvalue weighted by Gasteiger charge is -2.55. The Labute approximate surface area is 203 Å². The molecule has 2 aromatic rings. The van der Waals surface area contributed by atoms with Gasteiger partial charge in [0.05, 0.1) is 10.0 Å². The van der Waals surface area contributed by atoms with Gasteiger partial charge >= 0.3 is 0 Å². The van der Waals surface area contributed by atoms with Gasteiger partial charge in [0.15, 0.2) is 0 Å². The number of fused-ring (bicyclic) bond motifs is 3. The fourth-order valence-electron chi connectivity index (χ4n) is 6.24. The third-order valence-corrected chi connectivity index (χ3v) is 10.4. The van der Waals surface area contributed by atoms with Crippen LogP contribution in [-0.4, -0.2) is 15.0 Å². The first-order valence-electron chi connectivity index (χ1n) is 11.5. The summed E-state index contributed by atoms with van der Waals surface area (Å²) in [6.45, 7) is 9.53. The molecule has 1 saturated carbocycles. The van der Waals surface area contributed by atoms with Crippen LogP contribution in [0.25, 0.3) is 0 Å². The summed E-state index contributed by atoms with van der Waals surface area (Å²) in [5.41, 5.74) is 4.28. The van der Waals surface area contributed by atoms with Gasteiger partial charge in [-0.1, -0.05) is 81.6 Å². The number of nitrogens with one attached hydrogen (secondary N) is 1. The van der Waals surface area contributed by atoms with Crippen molar-refractivity contribution in [1.82, 2.24) is 4.72 Å². The SMILES string of the molecule is CC(C)c1ccc2c(c1)CC[C@H]1[C@](C)(CNS(=O)(=O)c3cccc(Cl)c3Cl)CCC[C@]21C. The summed E-state index contributed by atoms with van der Waals surface area (Å²) in [7, 11) is -3.75. The Balaban J connectivity index is 1.61. The predicted octanol–water partition coefficient (Wildman–Crippen LogP) is 7.11. The average Bonchev–Trinajstić information content (AvgIpc) is 2.74. The average molecular weight is 495 g/mol. The van der Waals surface area contributed by atoms with Crippen LogP contribution in [-0.2, 0) is 21.9 Å². The lowest BCUT2D eigenvalue weighted by molar-refractivity contribution is 0.0299. The maximum Gasteiger partial charge on any atom is 0.242 e. The number of sulfonamides is 1. The summed E-state index contributed by atoms with van der Waals surface area (Å²) < 4.78 is 29.0. The molecule has 2 aliphatic rings. The molecule has 0 heterocycles. The molecule has 2 aromatic carbocycles. The van der Waals surface area contributed by atoms with Crippen LogP contribution in [0, 0.1) is 11.3 Å². The highest BCUT2D eigenvalue weighted by Crippen LogP contribution is 2.57. The van der Waals surface area contributed by atoms with Gasteiger partial charge in [0, 0.05) is 6.54 Å². The zero-order valence-corrected chi connectivity index (χ0v) is 21.7. The van der Waals surface area contributed by atoms with Crippen LogP contribution in [0.4, 0.5) is 0 Å². The quantitative estimate of drug-likeness (QED) is 0.482. The van der Waals surface area contributed by atoms with Crippen molar-refractivity contribution in [1.29, 1.82) is 0 Å². The highest BCUT2D eigenvalue weighted by atomic mass is 35.5. The van der Waals surface area contributed by atoms with E-state index in [2.05, 4.69) is 50.6 Å². The molecule has 2 aliphatic carbocycles. The highest BCUT2D eigenvalue weighted by molar-refractivity contribution is 7.89. The zero-order chi connectivity index (χ0) is 23.3. The maximum atomic E-state index is 13.1. The van der Waals surface area contributed by atoms with E-state index < -0.39 is 10.0 Å². The summed E-state index contributed by atoms with van der Waals surface area (Å²) in [6.07, 6.45) is 5.39. The third kappa shape index (κ3) is 4.13. The van der Waals surface area contributed by atoms with Gasteiger partial charge in [-0.3, -0.25) is 0 Å². The van der Waals surface area contributed by atoms with Crippen molar-refractivity contribution in [3.63, 3.8) is 0 Å². The van der Waals surface area contributed by atoms with Crippen molar-refractivity contribution in [2.24, 2.45) is 11.3 Å². The zero-order valence-electron chi connectivity index (χ0n) is 19.3. The van der Waals surface area contributed by atoms with Gasteiger partial charge in [0.2, 0.25) is 10.0 Å². The minimum absolute atomic E-state index is 0.0454. The van der Waals surface area contributed by atoms with E-state index in [1.807, 2.05) is 0 Å². The highest BCUT2D eigenvalue weighted by Gasteiger charge is 2.51. The third-order valence-electron chi connectivity index (χ3n) is 8.04. The topological polar surface area (TPSA) is 46.2 Å². The molecule has 32 heavy (non-hydrogen) atoms. The van der Waals surface area contributed by atoms with E-state index in [1.54, 1.807) is 12.1 Å². The molecule has 1 fully saturated rings. The molecule has 1 N–H and O–H groups in total. The molecule has 0 aromatic heterocycles. The van der Waals surface area contributed by atoms with E-state index in [0.717, 1.165) is 32.1 Å². The van der Waals surface area contributed by atoms with Crippen molar-refractivity contribution < 1.29 is 8.42 Å². The van der Waals surface area contributed by atoms with Crippen molar-refractivity contribution in [2.45, 2.75) is 76.0 Å². The summed E-state index contributed by atoms with van der Waals surface area (Å²) in [6, 6.07) is 11.8. The van der Waals surface area contributed by atoms with Gasteiger partial charge in [0.1, 0.15) is 4.90 Å². The maximum absolute atomic E-state index is 13.1. The number of rotatable bonds is 5. The molecular formula is C26H33Cl2NO2S. The van der Waals surface area contributed by atoms with E-state index in [-0.39, 0.29) is 25.8 Å². The Hall–Kier alpha value is -1.07. The fourth-order valence-corrected chi connectivity index (χ4v) is 8.18. The summed E-state index contributed by atoms with van der Waals surface area (Å²) >= 11 is 12.3. The van der Waals surface area contributed by atoms with E-state index in [1.165, 1.54) is 22.8 Å². The number of aryl methyl sites for hydroxylation is 1. The summed E-state index contributed by atoms with van der Waals surface area (Å²) in [5.74, 6) is 0.939. The molecule has 0 radical (unpaired) electrons. The second kappa shape index (κ2) is 8.61. The molecule has 0 unspecified atom stereocenters. The van der Waals surface area contributed by atoms with Crippen LogP contribution in [0.5, 0.6) is 0 Å². The van der Waals surface area contributed by atoms with Crippen molar-refractivity contribution in [3.05, 3.63) is 63.1 Å². The van der Waals surface area contributed by atoms with Gasteiger partial charge in [-0.25, -0.2) is 13.1 Å². The molecule has 174 valence electrons. The molecule has 0 spiro atoms. The van der Waals surface area contributed by atoms with E-state index in [0.29, 0.717) is 18.4 Å². The lowest BCUT2D eigenvalue weighted by Crippen LogP contribution is -2.53. The molecule has 6 heteroatoms. The Bertz CT molecular complexity index is 1130. The Morgan fingerprint density at radius 1 is 1.12 bits per heavy atom. The number of benzene rings is 2. The number of hydrogen-bond donors (Lipinski definition) is 1. The smallest absolute Gasteiger partial charge is 0.211 e. The van der Waals surface area contributed by atoms with E-state index >= 15 is 0 Å². The van der Waals surface area contributed by atoms with Crippen LogP contribution in [0.1, 0.15) is 76.0 Å². The first kappa shape index (κ1) is 24.1. The predicted molar refractivity (Wildman–Crippen MR) is 133 cm³/mol. The van der Waals surface area contributed by atoms with Crippen LogP contribution >= 0.6 is 23.2 Å². The molecule has 0 aliphatic heterocycles. The molecule has 4 rings (SSSR count). The van der Waals surface area contributed by atoms with Gasteiger partial charge in [0.25, 0.3) is 0 Å². The molecule has 3 atom stereocenters. The fraction of sp³-hybridized carbons (Fsp3) is 0.538. The Kier molecular flexibility index (Phi) is 6.48. The molecular weight excluding hydrogens is 461 g/mol. The van der Waals surface area contributed by atoms with Crippen molar-refractivity contribution in [3.8, 4) is 0 Å². The van der Waals surface area contributed by atoms with Crippen molar-refractivity contribution >= 4 is 33.2 Å². The summed E-state index contributed by atoms with van der Waals surface area (Å²) in [4.78, 5) is 0.0454. The van der Waals surface area contributed by atoms with Gasteiger partial charge in [-0.05, 0) is 77.2 Å². The van der Waals surface area contributed by atoms with Crippen LogP contribution in [0.2, 0.25) is 10.0 Å². The van der Waals surface area contributed by atoms with Crippen LogP contribution in [0.3, 0.4) is 0 Å². The monoisotopic (exact) mass is 493 g/mol. The molecule has 0 bridgehead atoms. The summed E-state index contributed by atoms with van der Waals surface area (Å²) in [5, 5.41) is 0.323. The standard InChI is InChI=1S/C26H33Cl2NO2S/c1-17(2)18-9-11-20-19(15-18)10-12-23-25(3,13-6-14-26(20,23)4)16-29-32(30,31)22-8-5-7-21(27)24(22)28/h5,7-9,11,15,17,23,29H,6,10,12-14,16H2,1-4H3/t23-,25-,26+/m0/s1. The molecule has 0 amide bonds. The van der Waals surface area contributed by atoms with Crippen LogP contribution < -0.4 is 4.72 Å². The first-order chi connectivity index (χ1) is 15.0. The largest absolute Gasteiger partial charge is 0.242 e. The normalized spacial score (nSPS) is 27.8. The number of halogens is 2. The number of hydrogen-bond acceptors (Lipinski definition) is 2. The van der Waals surface area contributed by atoms with E-state index in [9.17, 15) is 8.42 Å². The Morgan fingerprint density at radius 3 is 2.59 bits per heavy atom. The van der Waals surface area contributed by atoms with Crippen molar-refractivity contribution in [2.75, 3.05) is 6.54 Å².